The van der Waals surface area contributed by atoms with Crippen molar-refractivity contribution in [2.24, 2.45) is 5.92 Å². The van der Waals surface area contributed by atoms with E-state index >= 15 is 0 Å². The molecular formula is C23H18N2O4. The molecule has 1 aliphatic carbocycles. The minimum absolute atomic E-state index is 0.00781. The number of nitro groups is 1. The Bertz CT molecular complexity index is 1160. The zero-order valence-corrected chi connectivity index (χ0v) is 15.4. The van der Waals surface area contributed by atoms with Crippen LogP contribution in [0.4, 0.5) is 11.4 Å². The van der Waals surface area contributed by atoms with E-state index in [0.29, 0.717) is 5.56 Å². The number of benzene rings is 3. The van der Waals surface area contributed by atoms with E-state index in [4.69, 9.17) is 0 Å². The summed E-state index contributed by atoms with van der Waals surface area (Å²) in [5.74, 6) is -0.909. The first kappa shape index (κ1) is 17.4. The first-order valence-electron chi connectivity index (χ1n) is 9.49. The Balaban J connectivity index is 1.71. The van der Waals surface area contributed by atoms with Crippen molar-refractivity contribution >= 4 is 17.3 Å². The predicted octanol–water partition coefficient (Wildman–Crippen LogP) is 4.76. The second kappa shape index (κ2) is 6.44. The summed E-state index contributed by atoms with van der Waals surface area (Å²) in [7, 11) is 0. The number of para-hydroxylation sites is 1. The summed E-state index contributed by atoms with van der Waals surface area (Å²) in [6, 6.07) is 19.9. The predicted molar refractivity (Wildman–Crippen MR) is 108 cm³/mol. The summed E-state index contributed by atoms with van der Waals surface area (Å²) in [5, 5.41) is 24.6. The third-order valence-electron chi connectivity index (χ3n) is 6.12. The van der Waals surface area contributed by atoms with Crippen molar-refractivity contribution < 1.29 is 14.8 Å². The van der Waals surface area contributed by atoms with E-state index in [1.807, 2.05) is 24.3 Å². The van der Waals surface area contributed by atoms with Gasteiger partial charge in [0, 0.05) is 17.7 Å². The summed E-state index contributed by atoms with van der Waals surface area (Å²) in [4.78, 5) is 22.9. The summed E-state index contributed by atoms with van der Waals surface area (Å²) < 4.78 is 0. The lowest BCUT2D eigenvalue weighted by molar-refractivity contribution is -0.385. The highest BCUT2D eigenvalue weighted by atomic mass is 16.6. The standard InChI is InChI=1S/C23H18N2O4/c26-23(27)14-9-10-19-17(12-14)21-15-6-2-1-5-13(15)11-18(21)22(24-19)16-7-3-4-8-20(16)25(28)29/h1-10,12,18,21-22,24H,11H2,(H,26,27). The number of nitrogens with zero attached hydrogens (tertiary/aromatic N) is 1. The second-order valence-electron chi connectivity index (χ2n) is 7.59. The van der Waals surface area contributed by atoms with Crippen LogP contribution in [-0.4, -0.2) is 16.0 Å². The number of carboxylic acids is 1. The van der Waals surface area contributed by atoms with Crippen molar-refractivity contribution in [2.75, 3.05) is 5.32 Å². The molecule has 0 radical (unpaired) electrons. The molecule has 0 saturated carbocycles. The van der Waals surface area contributed by atoms with Gasteiger partial charge < -0.3 is 10.4 Å². The largest absolute Gasteiger partial charge is 0.478 e. The van der Waals surface area contributed by atoms with Gasteiger partial charge in [-0.2, -0.15) is 0 Å². The number of aromatic carboxylic acids is 1. The molecule has 2 N–H and O–H groups in total. The zero-order valence-electron chi connectivity index (χ0n) is 15.4. The molecule has 3 unspecified atom stereocenters. The molecule has 0 amide bonds. The zero-order chi connectivity index (χ0) is 20.1. The number of anilines is 1. The van der Waals surface area contributed by atoms with Crippen molar-refractivity contribution in [1.82, 2.24) is 0 Å². The number of rotatable bonds is 3. The highest BCUT2D eigenvalue weighted by Crippen LogP contribution is 2.54. The number of hydrogen-bond donors (Lipinski definition) is 2. The molecule has 29 heavy (non-hydrogen) atoms. The van der Waals surface area contributed by atoms with Crippen LogP contribution in [0.15, 0.2) is 66.7 Å². The van der Waals surface area contributed by atoms with Crippen molar-refractivity contribution in [3.63, 3.8) is 0 Å². The average molecular weight is 386 g/mol. The van der Waals surface area contributed by atoms with Crippen LogP contribution >= 0.6 is 0 Å². The average Bonchev–Trinajstić information content (AvgIpc) is 3.12. The van der Waals surface area contributed by atoms with Gasteiger partial charge in [-0.25, -0.2) is 4.79 Å². The third-order valence-corrected chi connectivity index (χ3v) is 6.12. The van der Waals surface area contributed by atoms with Crippen molar-refractivity contribution in [2.45, 2.75) is 18.4 Å². The van der Waals surface area contributed by atoms with Gasteiger partial charge in [0.1, 0.15) is 0 Å². The van der Waals surface area contributed by atoms with Crippen molar-refractivity contribution in [3.05, 3.63) is 105 Å². The third kappa shape index (κ3) is 2.68. The van der Waals surface area contributed by atoms with Gasteiger partial charge in [0.15, 0.2) is 0 Å². The number of carboxylic acid groups (broad SMARTS) is 1. The normalized spacial score (nSPS) is 21.4. The molecule has 0 saturated heterocycles. The molecule has 0 bridgehead atoms. The van der Waals surface area contributed by atoms with Gasteiger partial charge in [0.05, 0.1) is 22.1 Å². The molecule has 3 aromatic carbocycles. The van der Waals surface area contributed by atoms with Gasteiger partial charge in [-0.3, -0.25) is 10.1 Å². The number of fused-ring (bicyclic) bond motifs is 5. The molecule has 1 heterocycles. The Morgan fingerprint density at radius 2 is 1.72 bits per heavy atom. The topological polar surface area (TPSA) is 92.5 Å². The number of nitrogens with one attached hydrogen (secondary N) is 1. The first-order chi connectivity index (χ1) is 14.0. The van der Waals surface area contributed by atoms with Crippen LogP contribution in [0.3, 0.4) is 0 Å². The molecule has 144 valence electrons. The van der Waals surface area contributed by atoms with Crippen LogP contribution in [0.5, 0.6) is 0 Å². The quantitative estimate of drug-likeness (QED) is 0.500. The Hall–Kier alpha value is -3.67. The Labute approximate surface area is 167 Å². The minimum atomic E-state index is -0.962. The highest BCUT2D eigenvalue weighted by Gasteiger charge is 2.45. The Kier molecular flexibility index (Phi) is 3.87. The molecule has 3 atom stereocenters. The fourth-order valence-corrected chi connectivity index (χ4v) is 4.92. The number of carbonyl (C=O) groups is 1. The molecule has 6 nitrogen and oxygen atoms in total. The smallest absolute Gasteiger partial charge is 0.335 e. The summed E-state index contributed by atoms with van der Waals surface area (Å²) in [6.45, 7) is 0. The maximum absolute atomic E-state index is 11.7. The molecular weight excluding hydrogens is 368 g/mol. The molecule has 3 aromatic rings. The molecule has 6 heteroatoms. The second-order valence-corrected chi connectivity index (χ2v) is 7.59. The number of nitro benzene ring substituents is 1. The molecule has 2 aliphatic rings. The van der Waals surface area contributed by atoms with Crippen LogP contribution < -0.4 is 5.32 Å². The fraction of sp³-hybridized carbons (Fsp3) is 0.174. The lowest BCUT2D eigenvalue weighted by atomic mass is 9.75. The molecule has 1 aliphatic heterocycles. The van der Waals surface area contributed by atoms with Gasteiger partial charge in [-0.05, 0) is 47.2 Å². The van der Waals surface area contributed by atoms with Gasteiger partial charge in [0.25, 0.3) is 5.69 Å². The van der Waals surface area contributed by atoms with Crippen LogP contribution in [0.25, 0.3) is 0 Å². The van der Waals surface area contributed by atoms with E-state index in [1.54, 1.807) is 24.3 Å². The van der Waals surface area contributed by atoms with E-state index in [-0.39, 0.29) is 34.1 Å². The fourth-order valence-electron chi connectivity index (χ4n) is 4.92. The number of hydrogen-bond acceptors (Lipinski definition) is 4. The van der Waals surface area contributed by atoms with Gasteiger partial charge >= 0.3 is 5.97 Å². The molecule has 5 rings (SSSR count). The molecule has 0 spiro atoms. The Morgan fingerprint density at radius 3 is 2.48 bits per heavy atom. The molecule has 0 aromatic heterocycles. The van der Waals surface area contributed by atoms with Gasteiger partial charge in [-0.15, -0.1) is 0 Å². The summed E-state index contributed by atoms with van der Waals surface area (Å²) in [5.41, 5.74) is 5.16. The molecule has 0 fully saturated rings. The van der Waals surface area contributed by atoms with Gasteiger partial charge in [-0.1, -0.05) is 42.5 Å². The SMILES string of the molecule is O=C(O)c1ccc2c(c1)C1c3ccccc3CC1C(c1ccccc1[N+](=O)[O-])N2. The maximum Gasteiger partial charge on any atom is 0.335 e. The van der Waals surface area contributed by atoms with E-state index in [1.165, 1.54) is 17.2 Å². The van der Waals surface area contributed by atoms with E-state index < -0.39 is 5.97 Å². The highest BCUT2D eigenvalue weighted by molar-refractivity contribution is 5.89. The lowest BCUT2D eigenvalue weighted by Gasteiger charge is -2.37. The summed E-state index contributed by atoms with van der Waals surface area (Å²) in [6.07, 6.45) is 0.779. The van der Waals surface area contributed by atoms with Crippen molar-refractivity contribution in [1.29, 1.82) is 0 Å². The van der Waals surface area contributed by atoms with Crippen LogP contribution in [0, 0.1) is 16.0 Å². The summed E-state index contributed by atoms with van der Waals surface area (Å²) >= 11 is 0. The monoisotopic (exact) mass is 386 g/mol. The van der Waals surface area contributed by atoms with E-state index in [9.17, 15) is 20.0 Å². The Morgan fingerprint density at radius 1 is 1.00 bits per heavy atom. The minimum Gasteiger partial charge on any atom is -0.478 e. The van der Waals surface area contributed by atoms with Crippen molar-refractivity contribution in [3.8, 4) is 0 Å². The van der Waals surface area contributed by atoms with Crippen LogP contribution in [0.1, 0.15) is 44.6 Å². The van der Waals surface area contributed by atoms with E-state index in [0.717, 1.165) is 17.7 Å². The first-order valence-corrected chi connectivity index (χ1v) is 9.49. The maximum atomic E-state index is 11.7. The van der Waals surface area contributed by atoms with Crippen LogP contribution in [0.2, 0.25) is 0 Å². The lowest BCUT2D eigenvalue weighted by Crippen LogP contribution is -2.31. The van der Waals surface area contributed by atoms with Gasteiger partial charge in [0.2, 0.25) is 0 Å². The van der Waals surface area contributed by atoms with E-state index in [2.05, 4.69) is 17.4 Å². The van der Waals surface area contributed by atoms with Crippen LogP contribution in [-0.2, 0) is 6.42 Å².